The van der Waals surface area contributed by atoms with Crippen LogP contribution in [0, 0.1) is 0 Å². The Labute approximate surface area is 162 Å². The van der Waals surface area contributed by atoms with Crippen LogP contribution in [0.1, 0.15) is 51.5 Å². The second kappa shape index (κ2) is 12.0. The van der Waals surface area contributed by atoms with Gasteiger partial charge in [0.25, 0.3) is 0 Å². The van der Waals surface area contributed by atoms with Crippen molar-refractivity contribution in [2.24, 2.45) is 0 Å². The molecule has 0 atom stereocenters. The molecular formula is C23H31NO3. The first-order valence-corrected chi connectivity index (χ1v) is 9.95. The van der Waals surface area contributed by atoms with Crippen LogP contribution in [0.5, 0.6) is 11.5 Å². The molecule has 0 bridgehead atoms. The number of anilines is 1. The molecule has 2 aromatic rings. The van der Waals surface area contributed by atoms with Crippen LogP contribution in [-0.4, -0.2) is 19.1 Å². The lowest BCUT2D eigenvalue weighted by atomic mass is 10.1. The number of carbonyl (C=O) groups excluding carboxylic acids is 1. The summed E-state index contributed by atoms with van der Waals surface area (Å²) in [5.74, 6) is 1.69. The van der Waals surface area contributed by atoms with E-state index in [9.17, 15) is 4.79 Å². The van der Waals surface area contributed by atoms with Crippen molar-refractivity contribution in [1.82, 2.24) is 0 Å². The Morgan fingerprint density at radius 1 is 0.815 bits per heavy atom. The number of rotatable bonds is 12. The van der Waals surface area contributed by atoms with E-state index in [0.717, 1.165) is 49.5 Å². The summed E-state index contributed by atoms with van der Waals surface area (Å²) in [6.07, 6.45) is 5.51. The molecule has 0 saturated heterocycles. The molecule has 0 aliphatic rings. The summed E-state index contributed by atoms with van der Waals surface area (Å²) in [7, 11) is 0. The molecule has 27 heavy (non-hydrogen) atoms. The van der Waals surface area contributed by atoms with Crippen molar-refractivity contribution in [3.8, 4) is 11.5 Å². The minimum absolute atomic E-state index is 0.00320. The lowest BCUT2D eigenvalue weighted by Gasteiger charge is -2.09. The fraction of sp³-hybridized carbons (Fsp3) is 0.435. The number of hydrogen-bond acceptors (Lipinski definition) is 3. The molecule has 1 amide bonds. The lowest BCUT2D eigenvalue weighted by Crippen LogP contribution is -2.12. The van der Waals surface area contributed by atoms with Crippen molar-refractivity contribution in [2.45, 2.75) is 52.4 Å². The first kappa shape index (κ1) is 20.8. The van der Waals surface area contributed by atoms with Crippen LogP contribution < -0.4 is 14.8 Å². The average Bonchev–Trinajstić information content (AvgIpc) is 2.68. The average molecular weight is 370 g/mol. The molecule has 4 heteroatoms. The second-order valence-electron chi connectivity index (χ2n) is 6.62. The summed E-state index contributed by atoms with van der Waals surface area (Å²) >= 11 is 0. The maximum Gasteiger partial charge on any atom is 0.224 e. The molecule has 146 valence electrons. The molecular weight excluding hydrogens is 338 g/mol. The molecule has 0 radical (unpaired) electrons. The number of carbonyl (C=O) groups is 1. The van der Waals surface area contributed by atoms with E-state index in [1.165, 1.54) is 5.56 Å². The Morgan fingerprint density at radius 2 is 1.41 bits per heavy atom. The van der Waals surface area contributed by atoms with Gasteiger partial charge >= 0.3 is 0 Å². The Hall–Kier alpha value is -2.49. The minimum atomic E-state index is -0.00320. The third-order valence-electron chi connectivity index (χ3n) is 4.18. The summed E-state index contributed by atoms with van der Waals surface area (Å²) in [5.41, 5.74) is 2.11. The van der Waals surface area contributed by atoms with Gasteiger partial charge in [-0.15, -0.1) is 0 Å². The zero-order valence-corrected chi connectivity index (χ0v) is 16.5. The molecule has 2 aromatic carbocycles. The van der Waals surface area contributed by atoms with Crippen molar-refractivity contribution >= 4 is 11.6 Å². The van der Waals surface area contributed by atoms with Crippen molar-refractivity contribution in [2.75, 3.05) is 18.5 Å². The first-order chi connectivity index (χ1) is 13.2. The summed E-state index contributed by atoms with van der Waals surface area (Å²) in [6, 6.07) is 15.7. The number of hydrogen-bond donors (Lipinski definition) is 1. The Morgan fingerprint density at radius 3 is 2.00 bits per heavy atom. The van der Waals surface area contributed by atoms with Gasteiger partial charge in [0.05, 0.1) is 13.2 Å². The highest BCUT2D eigenvalue weighted by atomic mass is 16.5. The summed E-state index contributed by atoms with van der Waals surface area (Å²) in [4.78, 5) is 12.0. The van der Waals surface area contributed by atoms with Crippen LogP contribution in [0.4, 0.5) is 5.69 Å². The number of benzene rings is 2. The number of unbranched alkanes of at least 4 members (excludes halogenated alkanes) is 1. The van der Waals surface area contributed by atoms with Crippen molar-refractivity contribution in [3.05, 3.63) is 54.1 Å². The Bertz CT molecular complexity index is 665. The molecule has 0 saturated carbocycles. The van der Waals surface area contributed by atoms with E-state index in [1.54, 1.807) is 0 Å². The van der Waals surface area contributed by atoms with E-state index in [0.29, 0.717) is 19.4 Å². The Balaban J connectivity index is 1.64. The van der Waals surface area contributed by atoms with Gasteiger partial charge < -0.3 is 14.8 Å². The number of amides is 1. The molecule has 0 aromatic heterocycles. The summed E-state index contributed by atoms with van der Waals surface area (Å²) < 4.78 is 11.3. The molecule has 1 N–H and O–H groups in total. The largest absolute Gasteiger partial charge is 0.494 e. The van der Waals surface area contributed by atoms with Crippen LogP contribution in [0.2, 0.25) is 0 Å². The monoisotopic (exact) mass is 369 g/mol. The summed E-state index contributed by atoms with van der Waals surface area (Å²) in [5, 5.41) is 2.91. The van der Waals surface area contributed by atoms with Gasteiger partial charge in [-0.3, -0.25) is 4.79 Å². The predicted octanol–water partition coefficient (Wildman–Crippen LogP) is 5.62. The van der Waals surface area contributed by atoms with Crippen LogP contribution >= 0.6 is 0 Å². The minimum Gasteiger partial charge on any atom is -0.494 e. The highest BCUT2D eigenvalue weighted by Crippen LogP contribution is 2.17. The predicted molar refractivity (Wildman–Crippen MR) is 111 cm³/mol. The highest BCUT2D eigenvalue weighted by molar-refractivity contribution is 5.90. The highest BCUT2D eigenvalue weighted by Gasteiger charge is 2.03. The molecule has 0 fully saturated rings. The van der Waals surface area contributed by atoms with Crippen LogP contribution in [-0.2, 0) is 11.2 Å². The van der Waals surface area contributed by atoms with Gasteiger partial charge in [0, 0.05) is 12.1 Å². The number of ether oxygens (including phenoxy) is 2. The standard InChI is InChI=1S/C23H31NO3/c1-3-5-17-26-22-15-11-20(12-16-22)24-23(25)8-6-18-27-21-13-9-19(7-4-2)10-14-21/h9-16H,3-8,17-18H2,1-2H3,(H,24,25). The third-order valence-corrected chi connectivity index (χ3v) is 4.18. The van der Waals surface area contributed by atoms with Gasteiger partial charge in [-0.1, -0.05) is 38.8 Å². The van der Waals surface area contributed by atoms with E-state index in [-0.39, 0.29) is 5.91 Å². The topological polar surface area (TPSA) is 47.6 Å². The molecule has 0 unspecified atom stereocenters. The van der Waals surface area contributed by atoms with Gasteiger partial charge in [0.1, 0.15) is 11.5 Å². The van der Waals surface area contributed by atoms with Gasteiger partial charge in [-0.05, 0) is 61.2 Å². The molecule has 0 aliphatic carbocycles. The Kier molecular flexibility index (Phi) is 9.25. The molecule has 2 rings (SSSR count). The SMILES string of the molecule is CCCCOc1ccc(NC(=O)CCCOc2ccc(CCC)cc2)cc1. The van der Waals surface area contributed by atoms with Gasteiger partial charge in [-0.2, -0.15) is 0 Å². The van der Waals surface area contributed by atoms with Crippen molar-refractivity contribution in [3.63, 3.8) is 0 Å². The lowest BCUT2D eigenvalue weighted by molar-refractivity contribution is -0.116. The maximum atomic E-state index is 12.0. The quantitative estimate of drug-likeness (QED) is 0.494. The van der Waals surface area contributed by atoms with Crippen LogP contribution in [0.15, 0.2) is 48.5 Å². The van der Waals surface area contributed by atoms with E-state index in [4.69, 9.17) is 9.47 Å². The number of nitrogens with one attached hydrogen (secondary N) is 1. The van der Waals surface area contributed by atoms with Crippen molar-refractivity contribution in [1.29, 1.82) is 0 Å². The van der Waals surface area contributed by atoms with E-state index in [2.05, 4.69) is 31.3 Å². The smallest absolute Gasteiger partial charge is 0.224 e. The van der Waals surface area contributed by atoms with Gasteiger partial charge in [0.15, 0.2) is 0 Å². The molecule has 0 spiro atoms. The zero-order chi connectivity index (χ0) is 19.3. The summed E-state index contributed by atoms with van der Waals surface area (Å²) in [6.45, 7) is 5.57. The maximum absolute atomic E-state index is 12.0. The van der Waals surface area contributed by atoms with Gasteiger partial charge in [-0.25, -0.2) is 0 Å². The number of aryl methyl sites for hydroxylation is 1. The van der Waals surface area contributed by atoms with E-state index < -0.39 is 0 Å². The second-order valence-corrected chi connectivity index (χ2v) is 6.62. The van der Waals surface area contributed by atoms with E-state index >= 15 is 0 Å². The van der Waals surface area contributed by atoms with E-state index in [1.807, 2.05) is 36.4 Å². The molecule has 0 aliphatic heterocycles. The van der Waals surface area contributed by atoms with Crippen LogP contribution in [0.25, 0.3) is 0 Å². The van der Waals surface area contributed by atoms with Crippen LogP contribution in [0.3, 0.4) is 0 Å². The molecule has 0 heterocycles. The fourth-order valence-corrected chi connectivity index (χ4v) is 2.66. The molecule has 4 nitrogen and oxygen atoms in total. The van der Waals surface area contributed by atoms with Crippen molar-refractivity contribution < 1.29 is 14.3 Å². The third kappa shape index (κ3) is 8.16. The van der Waals surface area contributed by atoms with Gasteiger partial charge in [0.2, 0.25) is 5.91 Å². The fourth-order valence-electron chi connectivity index (χ4n) is 2.66. The first-order valence-electron chi connectivity index (χ1n) is 9.95. The zero-order valence-electron chi connectivity index (χ0n) is 16.5. The normalized spacial score (nSPS) is 10.4.